The molecule has 24 heavy (non-hydrogen) atoms. The zero-order valence-corrected chi connectivity index (χ0v) is 14.6. The molecule has 0 radical (unpaired) electrons. The molecule has 126 valence electrons. The number of ether oxygens (including phenoxy) is 1. The molecule has 7 heteroatoms. The predicted molar refractivity (Wildman–Crippen MR) is 99.0 cm³/mol. The molecular formula is C17H17ClN2O3S. The Labute approximate surface area is 149 Å². The van der Waals surface area contributed by atoms with Gasteiger partial charge in [-0.25, -0.2) is 0 Å². The summed E-state index contributed by atoms with van der Waals surface area (Å²) in [6, 6.07) is 14.0. The minimum atomic E-state index is -0.191. The van der Waals surface area contributed by atoms with Crippen molar-refractivity contribution in [3.8, 4) is 5.75 Å². The van der Waals surface area contributed by atoms with Gasteiger partial charge in [0, 0.05) is 10.7 Å². The number of anilines is 2. The lowest BCUT2D eigenvalue weighted by atomic mass is 10.3. The Morgan fingerprint density at radius 3 is 2.29 bits per heavy atom. The van der Waals surface area contributed by atoms with Gasteiger partial charge in [0.25, 0.3) is 0 Å². The van der Waals surface area contributed by atoms with E-state index in [1.54, 1.807) is 43.5 Å². The Morgan fingerprint density at radius 1 is 1.00 bits per heavy atom. The lowest BCUT2D eigenvalue weighted by molar-refractivity contribution is -0.114. The van der Waals surface area contributed by atoms with Crippen LogP contribution in [-0.2, 0) is 9.59 Å². The molecule has 0 spiro atoms. The average molecular weight is 365 g/mol. The molecule has 2 amide bonds. The van der Waals surface area contributed by atoms with Gasteiger partial charge in [-0.1, -0.05) is 23.7 Å². The summed E-state index contributed by atoms with van der Waals surface area (Å²) in [5, 5.41) is 6.11. The lowest BCUT2D eigenvalue weighted by Gasteiger charge is -2.09. The lowest BCUT2D eigenvalue weighted by Crippen LogP contribution is -2.18. The van der Waals surface area contributed by atoms with Crippen LogP contribution in [0, 0.1) is 0 Å². The number of carbonyl (C=O) groups excluding carboxylic acids is 2. The first-order chi connectivity index (χ1) is 11.6. The van der Waals surface area contributed by atoms with Gasteiger partial charge in [-0.15, -0.1) is 11.8 Å². The summed E-state index contributed by atoms with van der Waals surface area (Å²) in [6.07, 6.45) is 0. The van der Waals surface area contributed by atoms with E-state index in [1.807, 2.05) is 12.1 Å². The molecule has 0 aliphatic heterocycles. The molecule has 2 aromatic carbocycles. The fraction of sp³-hybridized carbons (Fsp3) is 0.176. The zero-order valence-electron chi connectivity index (χ0n) is 13.0. The molecule has 0 saturated carbocycles. The molecule has 0 saturated heterocycles. The number of nitrogens with one attached hydrogen (secondary N) is 2. The highest BCUT2D eigenvalue weighted by Crippen LogP contribution is 2.23. The molecule has 0 atom stereocenters. The van der Waals surface area contributed by atoms with Gasteiger partial charge in [-0.2, -0.15) is 0 Å². The maximum absolute atomic E-state index is 11.9. The molecule has 5 nitrogen and oxygen atoms in total. The van der Waals surface area contributed by atoms with Gasteiger partial charge in [-0.05, 0) is 36.4 Å². The van der Waals surface area contributed by atoms with Crippen molar-refractivity contribution in [1.29, 1.82) is 0 Å². The van der Waals surface area contributed by atoms with Gasteiger partial charge in [0.1, 0.15) is 5.75 Å². The molecule has 0 bridgehead atoms. The molecule has 2 rings (SSSR count). The van der Waals surface area contributed by atoms with Crippen LogP contribution in [0.3, 0.4) is 0 Å². The van der Waals surface area contributed by atoms with E-state index in [9.17, 15) is 9.59 Å². The third kappa shape index (κ3) is 5.79. The number of carbonyl (C=O) groups is 2. The number of benzene rings is 2. The van der Waals surface area contributed by atoms with E-state index in [-0.39, 0.29) is 23.3 Å². The normalized spacial score (nSPS) is 10.1. The van der Waals surface area contributed by atoms with Gasteiger partial charge < -0.3 is 15.4 Å². The van der Waals surface area contributed by atoms with Crippen LogP contribution in [0.2, 0.25) is 5.02 Å². The van der Waals surface area contributed by atoms with E-state index in [1.165, 1.54) is 11.8 Å². The number of para-hydroxylation sites is 2. The minimum absolute atomic E-state index is 0.173. The smallest absolute Gasteiger partial charge is 0.234 e. The standard InChI is InChI=1S/C17H17ClN2O3S/c1-23-15-5-3-2-4-14(15)20-17(22)11-24-10-16(21)19-13-8-6-12(18)7-9-13/h2-9H,10-11H2,1H3,(H,19,21)(H,20,22). The van der Waals surface area contributed by atoms with Crippen LogP contribution in [-0.4, -0.2) is 30.4 Å². The second kappa shape index (κ2) is 9.20. The molecule has 2 aromatic rings. The highest BCUT2D eigenvalue weighted by Gasteiger charge is 2.09. The molecular weight excluding hydrogens is 348 g/mol. The van der Waals surface area contributed by atoms with Crippen molar-refractivity contribution < 1.29 is 14.3 Å². The summed E-state index contributed by atoms with van der Waals surface area (Å²) in [4.78, 5) is 23.7. The maximum atomic E-state index is 11.9. The molecule has 0 fully saturated rings. The number of halogens is 1. The number of methoxy groups -OCH3 is 1. The van der Waals surface area contributed by atoms with E-state index in [4.69, 9.17) is 16.3 Å². The van der Waals surface area contributed by atoms with Crippen molar-refractivity contribution >= 4 is 46.6 Å². The maximum Gasteiger partial charge on any atom is 0.234 e. The van der Waals surface area contributed by atoms with Crippen LogP contribution in [0.4, 0.5) is 11.4 Å². The highest BCUT2D eigenvalue weighted by molar-refractivity contribution is 8.00. The Kier molecular flexibility index (Phi) is 6.96. The number of amides is 2. The van der Waals surface area contributed by atoms with Crippen LogP contribution < -0.4 is 15.4 Å². The molecule has 0 aliphatic carbocycles. The van der Waals surface area contributed by atoms with E-state index >= 15 is 0 Å². The first-order valence-electron chi connectivity index (χ1n) is 7.14. The second-order valence-corrected chi connectivity index (χ2v) is 6.22. The first-order valence-corrected chi connectivity index (χ1v) is 8.68. The van der Waals surface area contributed by atoms with E-state index in [0.29, 0.717) is 22.1 Å². The van der Waals surface area contributed by atoms with E-state index < -0.39 is 0 Å². The Morgan fingerprint density at radius 2 is 1.62 bits per heavy atom. The molecule has 0 heterocycles. The zero-order chi connectivity index (χ0) is 17.4. The number of hydrogen-bond acceptors (Lipinski definition) is 4. The van der Waals surface area contributed by atoms with Gasteiger partial charge >= 0.3 is 0 Å². The summed E-state index contributed by atoms with van der Waals surface area (Å²) in [5.74, 6) is 0.584. The fourth-order valence-electron chi connectivity index (χ4n) is 1.90. The molecule has 0 aromatic heterocycles. The predicted octanol–water partition coefficient (Wildman–Crippen LogP) is 3.66. The second-order valence-electron chi connectivity index (χ2n) is 4.80. The van der Waals surface area contributed by atoms with Crippen molar-refractivity contribution in [1.82, 2.24) is 0 Å². The van der Waals surface area contributed by atoms with Gasteiger partial charge in [0.15, 0.2) is 0 Å². The monoisotopic (exact) mass is 364 g/mol. The summed E-state index contributed by atoms with van der Waals surface area (Å²) in [6.45, 7) is 0. The molecule has 0 unspecified atom stereocenters. The van der Waals surface area contributed by atoms with Crippen LogP contribution in [0.1, 0.15) is 0 Å². The summed E-state index contributed by atoms with van der Waals surface area (Å²) in [5.41, 5.74) is 1.28. The third-order valence-electron chi connectivity index (χ3n) is 2.98. The molecule has 2 N–H and O–H groups in total. The van der Waals surface area contributed by atoms with Gasteiger partial charge in [0.2, 0.25) is 11.8 Å². The number of rotatable bonds is 7. The summed E-state index contributed by atoms with van der Waals surface area (Å²) >= 11 is 7.02. The summed E-state index contributed by atoms with van der Waals surface area (Å²) in [7, 11) is 1.54. The highest BCUT2D eigenvalue weighted by atomic mass is 35.5. The SMILES string of the molecule is COc1ccccc1NC(=O)CSCC(=O)Nc1ccc(Cl)cc1. The topological polar surface area (TPSA) is 67.4 Å². The van der Waals surface area contributed by atoms with Gasteiger partial charge in [-0.3, -0.25) is 9.59 Å². The van der Waals surface area contributed by atoms with Crippen LogP contribution in [0.15, 0.2) is 48.5 Å². The average Bonchev–Trinajstić information content (AvgIpc) is 2.57. The fourth-order valence-corrected chi connectivity index (χ4v) is 2.64. The van der Waals surface area contributed by atoms with Crippen molar-refractivity contribution in [3.05, 3.63) is 53.6 Å². The van der Waals surface area contributed by atoms with Crippen molar-refractivity contribution in [2.24, 2.45) is 0 Å². The van der Waals surface area contributed by atoms with Crippen LogP contribution >= 0.6 is 23.4 Å². The van der Waals surface area contributed by atoms with Crippen molar-refractivity contribution in [3.63, 3.8) is 0 Å². The third-order valence-corrected chi connectivity index (χ3v) is 4.16. The number of thioether (sulfide) groups is 1. The quantitative estimate of drug-likeness (QED) is 0.786. The minimum Gasteiger partial charge on any atom is -0.495 e. The number of hydrogen-bond donors (Lipinski definition) is 2. The Hall–Kier alpha value is -2.18. The van der Waals surface area contributed by atoms with E-state index in [2.05, 4.69) is 10.6 Å². The summed E-state index contributed by atoms with van der Waals surface area (Å²) < 4.78 is 5.17. The van der Waals surface area contributed by atoms with Crippen molar-refractivity contribution in [2.75, 3.05) is 29.2 Å². The van der Waals surface area contributed by atoms with Gasteiger partial charge in [0.05, 0.1) is 24.3 Å². The largest absolute Gasteiger partial charge is 0.495 e. The van der Waals surface area contributed by atoms with Crippen molar-refractivity contribution in [2.45, 2.75) is 0 Å². The van der Waals surface area contributed by atoms with E-state index in [0.717, 1.165) is 0 Å². The Bertz CT molecular complexity index is 707. The van der Waals surface area contributed by atoms with Crippen LogP contribution in [0.5, 0.6) is 5.75 Å². The first kappa shape index (κ1) is 18.2. The van der Waals surface area contributed by atoms with Crippen LogP contribution in [0.25, 0.3) is 0 Å². The molecule has 0 aliphatic rings. The Balaban J connectivity index is 1.74.